The molecule has 0 aliphatic heterocycles. The number of nitrogens with one attached hydrogen (secondary N) is 1. The molecule has 0 fully saturated rings. The van der Waals surface area contributed by atoms with Crippen molar-refractivity contribution in [3.8, 4) is 0 Å². The Hall–Kier alpha value is -1.04. The van der Waals surface area contributed by atoms with Gasteiger partial charge < -0.3 is 15.5 Å². The topological polar surface area (TPSA) is 68.3 Å². The molecule has 4 nitrogen and oxygen atoms in total. The Bertz CT molecular complexity index is 595. The van der Waals surface area contributed by atoms with Crippen LogP contribution in [-0.4, -0.2) is 18.0 Å². The molecule has 0 saturated heterocycles. The number of rotatable bonds is 3. The zero-order valence-electron chi connectivity index (χ0n) is 10.7. The van der Waals surface area contributed by atoms with E-state index < -0.39 is 5.54 Å². The molecule has 0 aliphatic carbocycles. The van der Waals surface area contributed by atoms with Gasteiger partial charge in [-0.05, 0) is 38.1 Å². The maximum absolute atomic E-state index is 12.0. The van der Waals surface area contributed by atoms with Crippen LogP contribution in [0.5, 0.6) is 0 Å². The van der Waals surface area contributed by atoms with Crippen molar-refractivity contribution in [1.82, 2.24) is 5.32 Å². The van der Waals surface area contributed by atoms with Crippen molar-refractivity contribution in [3.05, 3.63) is 34.5 Å². The summed E-state index contributed by atoms with van der Waals surface area (Å²) in [6.07, 6.45) is 0. The van der Waals surface area contributed by atoms with E-state index in [1.165, 1.54) is 0 Å². The second-order valence-corrected chi connectivity index (χ2v) is 5.75. The molecule has 0 radical (unpaired) electrons. The Morgan fingerprint density at radius 1 is 1.42 bits per heavy atom. The predicted molar refractivity (Wildman–Crippen MR) is 81.8 cm³/mol. The van der Waals surface area contributed by atoms with Crippen LogP contribution in [0.15, 0.2) is 33.2 Å². The molecule has 3 N–H and O–H groups in total. The monoisotopic (exact) mass is 346 g/mol. The van der Waals surface area contributed by atoms with E-state index in [9.17, 15) is 4.79 Å². The van der Waals surface area contributed by atoms with Crippen molar-refractivity contribution in [2.75, 3.05) is 6.54 Å². The number of carbonyl (C=O) groups is 1. The molecular formula is C13H16BrClN2O2. The van der Waals surface area contributed by atoms with Crippen LogP contribution in [0.4, 0.5) is 0 Å². The van der Waals surface area contributed by atoms with Crippen LogP contribution in [0.25, 0.3) is 11.0 Å². The summed E-state index contributed by atoms with van der Waals surface area (Å²) in [4.78, 5) is 12.0. The largest absolute Gasteiger partial charge is 0.451 e. The molecule has 1 aromatic carbocycles. The number of furan rings is 1. The molecule has 1 heterocycles. The van der Waals surface area contributed by atoms with Gasteiger partial charge in [-0.3, -0.25) is 4.79 Å². The van der Waals surface area contributed by atoms with Crippen molar-refractivity contribution in [2.24, 2.45) is 5.73 Å². The first-order chi connectivity index (χ1) is 8.41. The maximum Gasteiger partial charge on any atom is 0.287 e. The van der Waals surface area contributed by atoms with Gasteiger partial charge >= 0.3 is 0 Å². The van der Waals surface area contributed by atoms with Crippen LogP contribution < -0.4 is 11.1 Å². The highest BCUT2D eigenvalue weighted by Crippen LogP contribution is 2.23. The summed E-state index contributed by atoms with van der Waals surface area (Å²) >= 11 is 3.38. The molecular weight excluding hydrogens is 332 g/mol. The van der Waals surface area contributed by atoms with E-state index in [-0.39, 0.29) is 18.3 Å². The van der Waals surface area contributed by atoms with Gasteiger partial charge in [0.1, 0.15) is 5.58 Å². The molecule has 104 valence electrons. The predicted octanol–water partition coefficient (Wildman–Crippen LogP) is 3.08. The normalized spacial score (nSPS) is 11.2. The number of hydrogen-bond donors (Lipinski definition) is 2. The maximum atomic E-state index is 12.0. The van der Waals surface area contributed by atoms with Crippen LogP contribution in [0.3, 0.4) is 0 Å². The molecule has 0 bridgehead atoms. The zero-order chi connectivity index (χ0) is 13.3. The molecule has 2 aromatic rings. The standard InChI is InChI=1S/C13H15BrN2O2.ClH/c1-13(2,7-15)16-12(17)11-6-8-5-9(14)3-4-10(8)18-11;/h3-6H,7,15H2,1-2H3,(H,16,17);1H. The number of nitrogens with two attached hydrogens (primary N) is 1. The van der Waals surface area contributed by atoms with Gasteiger partial charge in [0, 0.05) is 21.9 Å². The van der Waals surface area contributed by atoms with Gasteiger partial charge in [0.05, 0.1) is 0 Å². The van der Waals surface area contributed by atoms with E-state index in [1.54, 1.807) is 6.07 Å². The Morgan fingerprint density at radius 3 is 2.74 bits per heavy atom. The van der Waals surface area contributed by atoms with Crippen LogP contribution in [0, 0.1) is 0 Å². The molecule has 0 spiro atoms. The third kappa shape index (κ3) is 3.72. The summed E-state index contributed by atoms with van der Waals surface area (Å²) in [5.41, 5.74) is 5.82. The van der Waals surface area contributed by atoms with Crippen molar-refractivity contribution >= 4 is 45.2 Å². The van der Waals surface area contributed by atoms with Crippen LogP contribution in [0.2, 0.25) is 0 Å². The lowest BCUT2D eigenvalue weighted by Gasteiger charge is -2.23. The third-order valence-electron chi connectivity index (χ3n) is 2.66. The van der Waals surface area contributed by atoms with Gasteiger partial charge in [0.15, 0.2) is 5.76 Å². The summed E-state index contributed by atoms with van der Waals surface area (Å²) in [5, 5.41) is 3.72. The van der Waals surface area contributed by atoms with Gasteiger partial charge in [0.2, 0.25) is 0 Å². The zero-order valence-corrected chi connectivity index (χ0v) is 13.1. The van der Waals surface area contributed by atoms with E-state index in [2.05, 4.69) is 21.2 Å². The number of halogens is 2. The summed E-state index contributed by atoms with van der Waals surface area (Å²) in [6.45, 7) is 4.10. The lowest BCUT2D eigenvalue weighted by molar-refractivity contribution is 0.0889. The average molecular weight is 348 g/mol. The first kappa shape index (κ1) is 16.0. The molecule has 0 atom stereocenters. The minimum Gasteiger partial charge on any atom is -0.451 e. The van der Waals surface area contributed by atoms with Crippen molar-refractivity contribution in [3.63, 3.8) is 0 Å². The SMILES string of the molecule is CC(C)(CN)NC(=O)c1cc2cc(Br)ccc2o1.Cl. The van der Waals surface area contributed by atoms with Gasteiger partial charge in [-0.25, -0.2) is 0 Å². The minimum absolute atomic E-state index is 0. The number of carbonyl (C=O) groups excluding carboxylic acids is 1. The Balaban J connectivity index is 0.00000180. The smallest absolute Gasteiger partial charge is 0.287 e. The third-order valence-corrected chi connectivity index (χ3v) is 3.16. The summed E-state index contributed by atoms with van der Waals surface area (Å²) in [7, 11) is 0. The fourth-order valence-corrected chi connectivity index (χ4v) is 1.92. The molecule has 1 amide bonds. The van der Waals surface area contributed by atoms with E-state index >= 15 is 0 Å². The summed E-state index contributed by atoms with van der Waals surface area (Å²) in [5.74, 6) is 0.0439. The fraction of sp³-hybridized carbons (Fsp3) is 0.308. The van der Waals surface area contributed by atoms with Gasteiger partial charge in [-0.2, -0.15) is 0 Å². The van der Waals surface area contributed by atoms with E-state index in [4.69, 9.17) is 10.2 Å². The van der Waals surface area contributed by atoms with E-state index in [1.807, 2.05) is 32.0 Å². The summed E-state index contributed by atoms with van der Waals surface area (Å²) < 4.78 is 6.45. The van der Waals surface area contributed by atoms with Crippen LogP contribution in [-0.2, 0) is 0 Å². The first-order valence-corrected chi connectivity index (χ1v) is 6.42. The van der Waals surface area contributed by atoms with E-state index in [0.29, 0.717) is 17.9 Å². The van der Waals surface area contributed by atoms with Gasteiger partial charge in [-0.15, -0.1) is 12.4 Å². The molecule has 6 heteroatoms. The molecule has 2 rings (SSSR count). The Morgan fingerprint density at radius 2 is 2.11 bits per heavy atom. The number of benzene rings is 1. The molecule has 0 saturated carbocycles. The minimum atomic E-state index is -0.448. The number of hydrogen-bond acceptors (Lipinski definition) is 3. The van der Waals surface area contributed by atoms with Gasteiger partial charge in [-0.1, -0.05) is 15.9 Å². The fourth-order valence-electron chi connectivity index (χ4n) is 1.55. The van der Waals surface area contributed by atoms with Gasteiger partial charge in [0.25, 0.3) is 5.91 Å². The second-order valence-electron chi connectivity index (χ2n) is 4.83. The molecule has 1 aromatic heterocycles. The van der Waals surface area contributed by atoms with Crippen LogP contribution in [0.1, 0.15) is 24.4 Å². The van der Waals surface area contributed by atoms with E-state index in [0.717, 1.165) is 9.86 Å². The molecule has 19 heavy (non-hydrogen) atoms. The van der Waals surface area contributed by atoms with Crippen LogP contribution >= 0.6 is 28.3 Å². The van der Waals surface area contributed by atoms with Crippen molar-refractivity contribution < 1.29 is 9.21 Å². The molecule has 0 unspecified atom stereocenters. The Labute approximate surface area is 126 Å². The lowest BCUT2D eigenvalue weighted by atomic mass is 10.1. The quantitative estimate of drug-likeness (QED) is 0.896. The van der Waals surface area contributed by atoms with Crippen molar-refractivity contribution in [1.29, 1.82) is 0 Å². The highest BCUT2D eigenvalue weighted by Gasteiger charge is 2.21. The first-order valence-electron chi connectivity index (χ1n) is 5.63. The average Bonchev–Trinajstić information content (AvgIpc) is 2.71. The second kappa shape index (κ2) is 5.94. The summed E-state index contributed by atoms with van der Waals surface area (Å²) in [6, 6.07) is 7.33. The highest BCUT2D eigenvalue weighted by molar-refractivity contribution is 9.10. The molecule has 0 aliphatic rings. The lowest BCUT2D eigenvalue weighted by Crippen LogP contribution is -2.48. The number of amides is 1. The highest BCUT2D eigenvalue weighted by atomic mass is 79.9. The number of fused-ring (bicyclic) bond motifs is 1. The van der Waals surface area contributed by atoms with Crippen molar-refractivity contribution in [2.45, 2.75) is 19.4 Å². The Kier molecular flexibility index (Phi) is 5.01.